The third kappa shape index (κ3) is 3.74. The zero-order valence-corrected chi connectivity index (χ0v) is 17.7. The van der Waals surface area contributed by atoms with Crippen molar-refractivity contribution in [2.24, 2.45) is 7.05 Å². The predicted octanol–water partition coefficient (Wildman–Crippen LogP) is 4.46. The number of halogens is 1. The molecule has 0 aliphatic carbocycles. The topological polar surface area (TPSA) is 113 Å². The maximum Gasteiger partial charge on any atom is 0.273 e. The van der Waals surface area contributed by atoms with Gasteiger partial charge >= 0.3 is 0 Å². The van der Waals surface area contributed by atoms with Gasteiger partial charge in [0.2, 0.25) is 5.13 Å². The van der Waals surface area contributed by atoms with Crippen molar-refractivity contribution in [3.05, 3.63) is 65.8 Å². The van der Waals surface area contributed by atoms with Crippen LogP contribution in [0.1, 0.15) is 10.5 Å². The van der Waals surface area contributed by atoms with Gasteiger partial charge in [-0.2, -0.15) is 14.5 Å². The monoisotopic (exact) mass is 450 g/mol. The molecule has 0 aliphatic rings. The maximum atomic E-state index is 12.4. The van der Waals surface area contributed by atoms with E-state index in [4.69, 9.17) is 11.6 Å². The van der Waals surface area contributed by atoms with Gasteiger partial charge in [-0.05, 0) is 24.3 Å². The SMILES string of the molecule is Cn1cncc1C(=O)Nc1cccc(-c2nsc(Nc3ccc4[nH]ncc4c3Cl)n2)c1. The lowest BCUT2D eigenvalue weighted by Gasteiger charge is -2.07. The molecule has 0 radical (unpaired) electrons. The number of hydrogen-bond donors (Lipinski definition) is 3. The highest BCUT2D eigenvalue weighted by Crippen LogP contribution is 2.33. The molecule has 0 bridgehead atoms. The first-order valence-electron chi connectivity index (χ1n) is 9.19. The Labute approximate surface area is 185 Å². The van der Waals surface area contributed by atoms with Crippen LogP contribution in [0.15, 0.2) is 55.1 Å². The normalized spacial score (nSPS) is 11.0. The number of aryl methyl sites for hydroxylation is 1. The van der Waals surface area contributed by atoms with Gasteiger partial charge in [0.25, 0.3) is 5.91 Å². The van der Waals surface area contributed by atoms with Gasteiger partial charge in [0, 0.05) is 35.2 Å². The number of amides is 1. The predicted molar refractivity (Wildman–Crippen MR) is 121 cm³/mol. The van der Waals surface area contributed by atoms with Gasteiger partial charge < -0.3 is 15.2 Å². The van der Waals surface area contributed by atoms with Crippen molar-refractivity contribution in [2.45, 2.75) is 0 Å². The molecule has 3 heterocycles. The van der Waals surface area contributed by atoms with Crippen LogP contribution < -0.4 is 10.6 Å². The lowest BCUT2D eigenvalue weighted by molar-refractivity contribution is 0.101. The maximum absolute atomic E-state index is 12.4. The standard InChI is InChI=1S/C20H15ClN8OS/c1-29-10-22-9-16(29)19(30)24-12-4-2-3-11(7-12)18-26-20(31-28-18)25-15-6-5-14-13(17(15)21)8-23-27-14/h2-10H,1H3,(H,23,27)(H,24,30)(H,25,26,28). The van der Waals surface area contributed by atoms with Crippen LogP contribution in [0.3, 0.4) is 0 Å². The van der Waals surface area contributed by atoms with E-state index in [0.29, 0.717) is 27.4 Å². The van der Waals surface area contributed by atoms with Crippen LogP contribution in [-0.4, -0.2) is 35.0 Å². The smallest absolute Gasteiger partial charge is 0.273 e. The summed E-state index contributed by atoms with van der Waals surface area (Å²) in [6.45, 7) is 0. The Hall–Kier alpha value is -3.76. The van der Waals surface area contributed by atoms with Crippen LogP contribution in [0.2, 0.25) is 5.02 Å². The Bertz CT molecular complexity index is 1410. The molecule has 0 spiro atoms. The Morgan fingerprint density at radius 3 is 2.97 bits per heavy atom. The largest absolute Gasteiger partial charge is 0.330 e. The fraction of sp³-hybridized carbons (Fsp3) is 0.0500. The molecule has 0 saturated heterocycles. The van der Waals surface area contributed by atoms with Crippen LogP contribution in [0.5, 0.6) is 0 Å². The summed E-state index contributed by atoms with van der Waals surface area (Å²) in [5, 5.41) is 15.0. The Morgan fingerprint density at radius 1 is 1.23 bits per heavy atom. The molecular formula is C20H15ClN8OS. The second-order valence-corrected chi connectivity index (χ2v) is 7.86. The number of nitrogens with zero attached hydrogens (tertiary/aromatic N) is 5. The minimum Gasteiger partial charge on any atom is -0.330 e. The second kappa shape index (κ2) is 7.82. The number of fused-ring (bicyclic) bond motifs is 1. The van der Waals surface area contributed by atoms with E-state index in [2.05, 4.69) is 35.2 Å². The molecule has 0 unspecified atom stereocenters. The van der Waals surface area contributed by atoms with E-state index in [9.17, 15) is 4.79 Å². The van der Waals surface area contributed by atoms with Crippen LogP contribution in [0.4, 0.5) is 16.5 Å². The number of carbonyl (C=O) groups is 1. The number of carbonyl (C=O) groups excluding carboxylic acids is 1. The quantitative estimate of drug-likeness (QED) is 0.364. The molecule has 0 aliphatic heterocycles. The van der Waals surface area contributed by atoms with Crippen LogP contribution in [0.25, 0.3) is 22.3 Å². The molecule has 5 aromatic rings. The lowest BCUT2D eigenvalue weighted by Crippen LogP contribution is -2.15. The lowest BCUT2D eigenvalue weighted by atomic mass is 10.2. The van der Waals surface area contributed by atoms with E-state index in [1.54, 1.807) is 24.1 Å². The summed E-state index contributed by atoms with van der Waals surface area (Å²) in [6, 6.07) is 11.1. The van der Waals surface area contributed by atoms with E-state index < -0.39 is 0 Å². The minimum atomic E-state index is -0.241. The van der Waals surface area contributed by atoms with Crippen molar-refractivity contribution < 1.29 is 4.79 Å². The van der Waals surface area contributed by atoms with Gasteiger partial charge in [-0.25, -0.2) is 4.98 Å². The number of rotatable bonds is 5. The van der Waals surface area contributed by atoms with Crippen molar-refractivity contribution in [2.75, 3.05) is 10.6 Å². The first-order valence-corrected chi connectivity index (χ1v) is 10.3. The van der Waals surface area contributed by atoms with Crippen LogP contribution in [0, 0.1) is 0 Å². The summed E-state index contributed by atoms with van der Waals surface area (Å²) in [5.41, 5.74) is 3.47. The Kier molecular flexibility index (Phi) is 4.85. The molecule has 154 valence electrons. The van der Waals surface area contributed by atoms with Crippen LogP contribution >= 0.6 is 23.1 Å². The van der Waals surface area contributed by atoms with Crippen molar-refractivity contribution in [3.63, 3.8) is 0 Å². The number of H-pyrrole nitrogens is 1. The molecule has 0 saturated carbocycles. The average molecular weight is 451 g/mol. The van der Waals surface area contributed by atoms with E-state index in [-0.39, 0.29) is 5.91 Å². The molecular weight excluding hydrogens is 436 g/mol. The minimum absolute atomic E-state index is 0.241. The molecule has 2 aromatic carbocycles. The third-order valence-corrected chi connectivity index (χ3v) is 5.69. The summed E-state index contributed by atoms with van der Waals surface area (Å²) in [7, 11) is 1.77. The van der Waals surface area contributed by atoms with E-state index >= 15 is 0 Å². The molecule has 3 aromatic heterocycles. The fourth-order valence-electron chi connectivity index (χ4n) is 3.09. The molecule has 11 heteroatoms. The Morgan fingerprint density at radius 2 is 2.13 bits per heavy atom. The molecule has 9 nitrogen and oxygen atoms in total. The fourth-order valence-corrected chi connectivity index (χ4v) is 3.96. The van der Waals surface area contributed by atoms with E-state index in [0.717, 1.165) is 22.2 Å². The summed E-state index contributed by atoms with van der Waals surface area (Å²) in [6.07, 6.45) is 4.78. The number of aromatic nitrogens is 6. The summed E-state index contributed by atoms with van der Waals surface area (Å²) in [4.78, 5) is 21.0. The molecule has 3 N–H and O–H groups in total. The zero-order valence-electron chi connectivity index (χ0n) is 16.1. The summed E-state index contributed by atoms with van der Waals surface area (Å²) in [5.74, 6) is 0.305. The highest BCUT2D eigenvalue weighted by atomic mass is 35.5. The van der Waals surface area contributed by atoms with Gasteiger partial charge in [0.15, 0.2) is 5.82 Å². The molecule has 5 rings (SSSR count). The van der Waals surface area contributed by atoms with Crippen molar-refractivity contribution in [1.82, 2.24) is 29.1 Å². The van der Waals surface area contributed by atoms with Crippen molar-refractivity contribution >= 4 is 56.4 Å². The molecule has 0 fully saturated rings. The molecule has 31 heavy (non-hydrogen) atoms. The second-order valence-electron chi connectivity index (χ2n) is 6.73. The number of hydrogen-bond acceptors (Lipinski definition) is 7. The Balaban J connectivity index is 1.36. The van der Waals surface area contributed by atoms with Gasteiger partial charge in [-0.1, -0.05) is 23.7 Å². The van der Waals surface area contributed by atoms with E-state index in [1.807, 2.05) is 36.4 Å². The summed E-state index contributed by atoms with van der Waals surface area (Å²) >= 11 is 7.69. The number of aromatic amines is 1. The van der Waals surface area contributed by atoms with Gasteiger partial charge in [0.05, 0.1) is 34.9 Å². The first kappa shape index (κ1) is 19.2. The number of anilines is 3. The number of imidazole rings is 1. The average Bonchev–Trinajstić information content (AvgIpc) is 3.51. The molecule has 0 atom stereocenters. The van der Waals surface area contributed by atoms with Crippen molar-refractivity contribution in [3.8, 4) is 11.4 Å². The number of nitrogens with one attached hydrogen (secondary N) is 3. The highest BCUT2D eigenvalue weighted by Gasteiger charge is 2.13. The number of benzene rings is 2. The van der Waals surface area contributed by atoms with Crippen LogP contribution in [-0.2, 0) is 7.05 Å². The van der Waals surface area contributed by atoms with Gasteiger partial charge in [-0.3, -0.25) is 9.89 Å². The zero-order chi connectivity index (χ0) is 21.4. The van der Waals surface area contributed by atoms with Gasteiger partial charge in [0.1, 0.15) is 5.69 Å². The van der Waals surface area contributed by atoms with E-state index in [1.165, 1.54) is 17.7 Å². The third-order valence-electron chi connectivity index (χ3n) is 4.65. The highest BCUT2D eigenvalue weighted by molar-refractivity contribution is 7.10. The molecule has 1 amide bonds. The first-order chi connectivity index (χ1) is 15.1. The van der Waals surface area contributed by atoms with Crippen molar-refractivity contribution in [1.29, 1.82) is 0 Å². The summed E-state index contributed by atoms with van der Waals surface area (Å²) < 4.78 is 6.09. The van der Waals surface area contributed by atoms with Gasteiger partial charge in [-0.15, -0.1) is 0 Å².